The van der Waals surface area contributed by atoms with Crippen molar-refractivity contribution in [2.45, 2.75) is 40.8 Å². The van der Waals surface area contributed by atoms with Crippen molar-refractivity contribution in [3.8, 4) is 0 Å². The maximum atomic E-state index is 13.0. The van der Waals surface area contributed by atoms with Gasteiger partial charge in [0.1, 0.15) is 5.76 Å². The van der Waals surface area contributed by atoms with E-state index in [0.29, 0.717) is 51.0 Å². The van der Waals surface area contributed by atoms with Crippen molar-refractivity contribution in [3.05, 3.63) is 79.0 Å². The van der Waals surface area contributed by atoms with Crippen LogP contribution in [-0.4, -0.2) is 30.6 Å². The Balaban J connectivity index is 1.55. The Hall–Kier alpha value is -2.81. The molecule has 8 nitrogen and oxygen atoms in total. The zero-order valence-corrected chi connectivity index (χ0v) is 20.7. The highest BCUT2D eigenvalue weighted by molar-refractivity contribution is 6.36. The summed E-state index contributed by atoms with van der Waals surface area (Å²) < 4.78 is 8.74. The van der Waals surface area contributed by atoms with Gasteiger partial charge in [0.2, 0.25) is 0 Å². The van der Waals surface area contributed by atoms with Crippen molar-refractivity contribution in [2.75, 3.05) is 5.32 Å². The number of aryl methyl sites for hydroxylation is 3. The molecule has 0 bridgehead atoms. The van der Waals surface area contributed by atoms with Crippen molar-refractivity contribution < 1.29 is 9.32 Å². The number of nitrogens with one attached hydrogen (secondary N) is 1. The Labute approximate surface area is 205 Å². The molecule has 0 saturated heterocycles. The first-order valence-corrected chi connectivity index (χ1v) is 11.2. The van der Waals surface area contributed by atoms with Crippen LogP contribution < -0.4 is 5.32 Å². The van der Waals surface area contributed by atoms with Gasteiger partial charge in [-0.1, -0.05) is 46.0 Å². The number of aromatic nitrogens is 5. The lowest BCUT2D eigenvalue weighted by atomic mass is 10.2. The van der Waals surface area contributed by atoms with Crippen LogP contribution in [0.2, 0.25) is 15.1 Å². The first kappa shape index (κ1) is 23.4. The SMILES string of the molecule is Cc1nn(Cc2c(C(=O)Nc3cc(C)n(Cc4c(Cl)cccc4Cl)n3)noc2C)c(C)c1Cl. The molecule has 11 heteroatoms. The summed E-state index contributed by atoms with van der Waals surface area (Å²) in [5.41, 5.74) is 3.88. The molecule has 0 saturated carbocycles. The summed E-state index contributed by atoms with van der Waals surface area (Å²) in [6, 6.07) is 7.09. The number of amides is 1. The van der Waals surface area contributed by atoms with Gasteiger partial charge in [0.05, 0.1) is 29.5 Å². The number of carbonyl (C=O) groups is 1. The minimum Gasteiger partial charge on any atom is -0.361 e. The molecule has 0 aliphatic rings. The van der Waals surface area contributed by atoms with Crippen LogP contribution in [0.3, 0.4) is 0 Å². The number of hydrogen-bond acceptors (Lipinski definition) is 5. The highest BCUT2D eigenvalue weighted by Crippen LogP contribution is 2.26. The Morgan fingerprint density at radius 1 is 1.00 bits per heavy atom. The average molecular weight is 508 g/mol. The number of hydrogen-bond donors (Lipinski definition) is 1. The summed E-state index contributed by atoms with van der Waals surface area (Å²) in [5, 5.41) is 17.3. The summed E-state index contributed by atoms with van der Waals surface area (Å²) in [5.74, 6) is 0.468. The third kappa shape index (κ3) is 4.64. The molecule has 3 aromatic heterocycles. The number of carbonyl (C=O) groups excluding carboxylic acids is 1. The van der Waals surface area contributed by atoms with E-state index in [1.54, 1.807) is 40.6 Å². The lowest BCUT2D eigenvalue weighted by Crippen LogP contribution is -2.17. The fraction of sp³-hybridized carbons (Fsp3) is 0.273. The summed E-state index contributed by atoms with van der Waals surface area (Å²) in [4.78, 5) is 13.0. The molecule has 3 heterocycles. The fourth-order valence-corrected chi connectivity index (χ4v) is 4.13. The van der Waals surface area contributed by atoms with Gasteiger partial charge in [-0.25, -0.2) is 0 Å². The quantitative estimate of drug-likeness (QED) is 0.366. The molecule has 1 amide bonds. The molecule has 0 unspecified atom stereocenters. The van der Waals surface area contributed by atoms with Gasteiger partial charge in [0.15, 0.2) is 11.5 Å². The smallest absolute Gasteiger partial charge is 0.279 e. The minimum atomic E-state index is -0.435. The summed E-state index contributed by atoms with van der Waals surface area (Å²) in [6.07, 6.45) is 0. The van der Waals surface area contributed by atoms with E-state index >= 15 is 0 Å². The van der Waals surface area contributed by atoms with Gasteiger partial charge in [-0.2, -0.15) is 10.2 Å². The Bertz CT molecular complexity index is 1330. The maximum absolute atomic E-state index is 13.0. The lowest BCUT2D eigenvalue weighted by Gasteiger charge is -2.08. The van der Waals surface area contributed by atoms with Crippen LogP contribution in [0.15, 0.2) is 28.8 Å². The number of rotatable bonds is 6. The largest absolute Gasteiger partial charge is 0.361 e. The topological polar surface area (TPSA) is 90.8 Å². The normalized spacial score (nSPS) is 11.2. The van der Waals surface area contributed by atoms with Crippen molar-refractivity contribution in [2.24, 2.45) is 0 Å². The van der Waals surface area contributed by atoms with Gasteiger partial charge in [-0.15, -0.1) is 0 Å². The Kier molecular flexibility index (Phi) is 6.52. The highest BCUT2D eigenvalue weighted by Gasteiger charge is 2.23. The molecule has 0 aliphatic heterocycles. The van der Waals surface area contributed by atoms with Crippen LogP contribution in [0.4, 0.5) is 5.82 Å². The average Bonchev–Trinajstić information content (AvgIpc) is 3.37. The van der Waals surface area contributed by atoms with Crippen molar-refractivity contribution in [1.29, 1.82) is 0 Å². The molecule has 4 rings (SSSR count). The van der Waals surface area contributed by atoms with Gasteiger partial charge in [0, 0.05) is 32.9 Å². The molecule has 33 heavy (non-hydrogen) atoms. The molecule has 172 valence electrons. The molecule has 0 aliphatic carbocycles. The third-order valence-electron chi connectivity index (χ3n) is 5.39. The molecule has 0 spiro atoms. The zero-order valence-electron chi connectivity index (χ0n) is 18.4. The van der Waals surface area contributed by atoms with E-state index in [-0.39, 0.29) is 5.69 Å². The number of nitrogens with zero attached hydrogens (tertiary/aromatic N) is 5. The van der Waals surface area contributed by atoms with Gasteiger partial charge >= 0.3 is 0 Å². The van der Waals surface area contributed by atoms with Crippen LogP contribution in [0.25, 0.3) is 0 Å². The molecule has 1 aromatic carbocycles. The molecule has 0 fully saturated rings. The second-order valence-corrected chi connectivity index (χ2v) is 8.88. The molecular formula is C22H21Cl3N6O2. The molecule has 1 N–H and O–H groups in total. The highest BCUT2D eigenvalue weighted by atomic mass is 35.5. The predicted octanol–water partition coefficient (Wildman–Crippen LogP) is 5.61. The van der Waals surface area contributed by atoms with E-state index < -0.39 is 5.91 Å². The number of halogens is 3. The Morgan fingerprint density at radius 2 is 1.67 bits per heavy atom. The van der Waals surface area contributed by atoms with Crippen LogP contribution in [-0.2, 0) is 13.1 Å². The van der Waals surface area contributed by atoms with Crippen molar-refractivity contribution in [1.82, 2.24) is 24.7 Å². The lowest BCUT2D eigenvalue weighted by molar-refractivity contribution is 0.101. The van der Waals surface area contributed by atoms with Gasteiger partial charge in [-0.05, 0) is 39.8 Å². The second-order valence-electron chi connectivity index (χ2n) is 7.69. The van der Waals surface area contributed by atoms with Crippen LogP contribution in [0.5, 0.6) is 0 Å². The van der Waals surface area contributed by atoms with Gasteiger partial charge in [-0.3, -0.25) is 14.2 Å². The first-order chi connectivity index (χ1) is 15.7. The van der Waals surface area contributed by atoms with E-state index in [9.17, 15) is 4.79 Å². The third-order valence-corrected chi connectivity index (χ3v) is 6.65. The van der Waals surface area contributed by atoms with E-state index in [0.717, 1.165) is 17.0 Å². The van der Waals surface area contributed by atoms with Crippen LogP contribution >= 0.6 is 34.8 Å². The summed E-state index contributed by atoms with van der Waals surface area (Å²) in [7, 11) is 0. The molecule has 0 radical (unpaired) electrons. The monoisotopic (exact) mass is 506 g/mol. The number of anilines is 1. The van der Waals surface area contributed by atoms with Gasteiger partial charge < -0.3 is 9.84 Å². The molecule has 4 aromatic rings. The van der Waals surface area contributed by atoms with E-state index in [2.05, 4.69) is 20.7 Å². The molecular weight excluding hydrogens is 487 g/mol. The van der Waals surface area contributed by atoms with Gasteiger partial charge in [0.25, 0.3) is 5.91 Å². The van der Waals surface area contributed by atoms with E-state index in [4.69, 9.17) is 39.3 Å². The van der Waals surface area contributed by atoms with E-state index in [1.165, 1.54) is 0 Å². The zero-order chi connectivity index (χ0) is 23.9. The maximum Gasteiger partial charge on any atom is 0.279 e. The molecule has 0 atom stereocenters. The van der Waals surface area contributed by atoms with Crippen molar-refractivity contribution in [3.63, 3.8) is 0 Å². The van der Waals surface area contributed by atoms with E-state index in [1.807, 2.05) is 20.8 Å². The first-order valence-electron chi connectivity index (χ1n) is 10.1. The minimum absolute atomic E-state index is 0.164. The fourth-order valence-electron chi connectivity index (χ4n) is 3.47. The summed E-state index contributed by atoms with van der Waals surface area (Å²) >= 11 is 18.8. The standard InChI is InChI=1S/C22H21Cl3N6O2/c1-11-8-19(28-30(11)10-16-17(23)6-5-7-18(16)24)26-22(32)21-15(14(4)33-29-21)9-31-13(3)20(25)12(2)27-31/h5-8H,9-10H2,1-4H3,(H,26,28,32). The number of benzene rings is 1. The van der Waals surface area contributed by atoms with Crippen molar-refractivity contribution >= 4 is 46.5 Å². The van der Waals surface area contributed by atoms with Crippen LogP contribution in [0, 0.1) is 27.7 Å². The predicted molar refractivity (Wildman–Crippen MR) is 128 cm³/mol. The van der Waals surface area contributed by atoms with Crippen LogP contribution in [0.1, 0.15) is 44.5 Å². The Morgan fingerprint density at radius 3 is 2.30 bits per heavy atom. The second kappa shape index (κ2) is 9.21. The summed E-state index contributed by atoms with van der Waals surface area (Å²) in [6.45, 7) is 7.99.